The Morgan fingerprint density at radius 2 is 1.83 bits per heavy atom. The Morgan fingerprint density at radius 3 is 2.54 bits per heavy atom. The minimum absolute atomic E-state index is 0.0897. The second-order valence-electron chi connectivity index (χ2n) is 13.0. The number of nitrogens with zero attached hydrogens (tertiary/aromatic N) is 5. The molecule has 1 fully saturated rings. The molecular weight excluding hydrogens is 510 g/mol. The van der Waals surface area contributed by atoms with Crippen LogP contribution >= 0.6 is 0 Å². The van der Waals surface area contributed by atoms with Gasteiger partial charge in [-0.05, 0) is 89.6 Å². The van der Waals surface area contributed by atoms with Crippen LogP contribution in [0.3, 0.4) is 0 Å². The molecule has 1 aromatic heterocycles. The van der Waals surface area contributed by atoms with Crippen LogP contribution in [-0.4, -0.2) is 53.2 Å². The number of hydrogen-bond acceptors (Lipinski definition) is 6. The van der Waals surface area contributed by atoms with Crippen LogP contribution in [0.4, 0.5) is 22.0 Å². The molecule has 2 aliphatic heterocycles. The van der Waals surface area contributed by atoms with Crippen molar-refractivity contribution in [1.82, 2.24) is 14.9 Å². The largest absolute Gasteiger partial charge is 0.443 e. The van der Waals surface area contributed by atoms with Crippen molar-refractivity contribution in [2.75, 3.05) is 36.5 Å². The highest BCUT2D eigenvalue weighted by Crippen LogP contribution is 2.54. The van der Waals surface area contributed by atoms with E-state index in [9.17, 15) is 4.79 Å². The van der Waals surface area contributed by atoms with Crippen LogP contribution < -0.4 is 9.80 Å². The minimum Gasteiger partial charge on any atom is -0.443 e. The van der Waals surface area contributed by atoms with E-state index in [2.05, 4.69) is 70.2 Å². The van der Waals surface area contributed by atoms with Crippen LogP contribution in [0, 0.1) is 0 Å². The van der Waals surface area contributed by atoms with E-state index in [-0.39, 0.29) is 11.5 Å². The first-order chi connectivity index (χ1) is 19.7. The number of aromatic nitrogens is 2. The summed E-state index contributed by atoms with van der Waals surface area (Å²) in [6, 6.07) is 17.1. The molecule has 216 valence electrons. The first-order valence-corrected chi connectivity index (χ1v) is 15.2. The van der Waals surface area contributed by atoms with Crippen LogP contribution in [0.5, 0.6) is 0 Å². The Bertz CT molecular complexity index is 1410. The highest BCUT2D eigenvalue weighted by atomic mass is 16.6. The Labute approximate surface area is 244 Å². The number of rotatable bonds is 5. The summed E-state index contributed by atoms with van der Waals surface area (Å²) in [5.74, 6) is 1.54. The fraction of sp³-hybridized carbons (Fsp3) is 0.500. The SMILES string of the molecule is CCC1CCc2ncnc(N3CC4(CCN(Cc5ccccc5)CC4)c4c(N(C)C(=O)OC(C)(C)C)cccc43)c21. The molecule has 2 aromatic carbocycles. The van der Waals surface area contributed by atoms with E-state index in [0.29, 0.717) is 5.92 Å². The van der Waals surface area contributed by atoms with Gasteiger partial charge in [-0.15, -0.1) is 0 Å². The van der Waals surface area contributed by atoms with Crippen molar-refractivity contribution >= 4 is 23.3 Å². The van der Waals surface area contributed by atoms with Gasteiger partial charge in [-0.3, -0.25) is 9.80 Å². The van der Waals surface area contributed by atoms with Gasteiger partial charge in [0.15, 0.2) is 0 Å². The normalized spacial score (nSPS) is 19.7. The molecule has 41 heavy (non-hydrogen) atoms. The van der Waals surface area contributed by atoms with Gasteiger partial charge in [0.1, 0.15) is 17.7 Å². The van der Waals surface area contributed by atoms with Gasteiger partial charge >= 0.3 is 6.09 Å². The number of ether oxygens (including phenoxy) is 1. The first kappa shape index (κ1) is 27.7. The maximum absolute atomic E-state index is 13.3. The van der Waals surface area contributed by atoms with Crippen LogP contribution in [0.15, 0.2) is 54.9 Å². The van der Waals surface area contributed by atoms with E-state index in [1.54, 1.807) is 11.2 Å². The summed E-state index contributed by atoms with van der Waals surface area (Å²) in [6.45, 7) is 11.9. The molecule has 3 heterocycles. The fourth-order valence-corrected chi connectivity index (χ4v) is 7.17. The number of anilines is 3. The molecule has 0 bridgehead atoms. The summed E-state index contributed by atoms with van der Waals surface area (Å²) in [5, 5.41) is 0. The first-order valence-electron chi connectivity index (χ1n) is 15.2. The summed E-state index contributed by atoms with van der Waals surface area (Å²) in [5.41, 5.74) is 6.58. The van der Waals surface area contributed by atoms with Crippen molar-refractivity contribution < 1.29 is 9.53 Å². The molecule has 1 aliphatic carbocycles. The van der Waals surface area contributed by atoms with Crippen molar-refractivity contribution in [2.45, 2.75) is 83.3 Å². The zero-order valence-electron chi connectivity index (χ0n) is 25.2. The minimum atomic E-state index is -0.563. The number of carbonyl (C=O) groups is 1. The Balaban J connectivity index is 1.39. The lowest BCUT2D eigenvalue weighted by Crippen LogP contribution is -2.45. The number of amides is 1. The molecule has 0 N–H and O–H groups in total. The molecular formula is C34H43N5O2. The summed E-state index contributed by atoms with van der Waals surface area (Å²) in [6.07, 6.45) is 6.71. The van der Waals surface area contributed by atoms with Crippen molar-refractivity contribution in [3.05, 3.63) is 77.2 Å². The zero-order valence-corrected chi connectivity index (χ0v) is 25.2. The fourth-order valence-electron chi connectivity index (χ4n) is 7.17. The predicted octanol–water partition coefficient (Wildman–Crippen LogP) is 6.97. The van der Waals surface area contributed by atoms with E-state index in [4.69, 9.17) is 9.72 Å². The van der Waals surface area contributed by atoms with Crippen molar-refractivity contribution in [3.63, 3.8) is 0 Å². The smallest absolute Gasteiger partial charge is 0.414 e. The molecule has 1 unspecified atom stereocenters. The third-order valence-corrected chi connectivity index (χ3v) is 9.22. The number of carbonyl (C=O) groups excluding carboxylic acids is 1. The number of hydrogen-bond donors (Lipinski definition) is 0. The second kappa shape index (κ2) is 10.8. The molecule has 0 saturated carbocycles. The monoisotopic (exact) mass is 553 g/mol. The van der Waals surface area contributed by atoms with Crippen molar-refractivity contribution in [3.8, 4) is 0 Å². The topological polar surface area (TPSA) is 61.8 Å². The maximum atomic E-state index is 13.3. The molecule has 3 aliphatic rings. The Hall–Kier alpha value is -3.45. The maximum Gasteiger partial charge on any atom is 0.414 e. The van der Waals surface area contributed by atoms with Gasteiger partial charge in [0, 0.05) is 48.1 Å². The number of fused-ring (bicyclic) bond motifs is 3. The Kier molecular flexibility index (Phi) is 7.26. The van der Waals surface area contributed by atoms with Gasteiger partial charge in [0.05, 0.1) is 5.69 Å². The average Bonchev–Trinajstić information content (AvgIpc) is 3.53. The third-order valence-electron chi connectivity index (χ3n) is 9.22. The van der Waals surface area contributed by atoms with Gasteiger partial charge in [0.25, 0.3) is 0 Å². The van der Waals surface area contributed by atoms with Gasteiger partial charge in [-0.2, -0.15) is 0 Å². The van der Waals surface area contributed by atoms with E-state index < -0.39 is 5.60 Å². The Morgan fingerprint density at radius 1 is 1.07 bits per heavy atom. The lowest BCUT2D eigenvalue weighted by molar-refractivity contribution is 0.0588. The molecule has 1 amide bonds. The standard InChI is InChI=1S/C34H43N5O2/c1-6-25-15-16-26-29(25)31(36-23-35-26)39-22-34(17-19-38(20-18-34)21-24-11-8-7-9-12-24)30-27(13-10-14-28(30)39)37(5)32(40)41-33(2,3)4/h7-14,23,25H,6,15-22H2,1-5H3. The quantitative estimate of drug-likeness (QED) is 0.340. The molecule has 0 radical (unpaired) electrons. The highest BCUT2D eigenvalue weighted by molar-refractivity contribution is 5.92. The summed E-state index contributed by atoms with van der Waals surface area (Å²) < 4.78 is 5.82. The van der Waals surface area contributed by atoms with Gasteiger partial charge in [0.2, 0.25) is 0 Å². The molecule has 7 heteroatoms. The van der Waals surface area contributed by atoms with Crippen LogP contribution in [0.1, 0.15) is 81.7 Å². The van der Waals surface area contributed by atoms with E-state index >= 15 is 0 Å². The molecule has 3 aromatic rings. The molecule has 1 atom stereocenters. The molecule has 6 rings (SSSR count). The lowest BCUT2D eigenvalue weighted by Gasteiger charge is -2.41. The third kappa shape index (κ3) is 5.21. The number of likely N-dealkylation sites (tertiary alicyclic amines) is 1. The van der Waals surface area contributed by atoms with Gasteiger partial charge < -0.3 is 9.64 Å². The summed E-state index contributed by atoms with van der Waals surface area (Å²) in [4.78, 5) is 29.7. The van der Waals surface area contributed by atoms with Gasteiger partial charge in [-0.1, -0.05) is 43.3 Å². The van der Waals surface area contributed by atoms with E-state index in [0.717, 1.165) is 75.5 Å². The van der Waals surface area contributed by atoms with Crippen molar-refractivity contribution in [1.29, 1.82) is 0 Å². The average molecular weight is 554 g/mol. The van der Waals surface area contributed by atoms with E-state index in [1.807, 2.05) is 27.8 Å². The molecule has 1 spiro atoms. The molecule has 1 saturated heterocycles. The van der Waals surface area contributed by atoms with Gasteiger partial charge in [-0.25, -0.2) is 14.8 Å². The van der Waals surface area contributed by atoms with Crippen LogP contribution in [0.2, 0.25) is 0 Å². The number of aryl methyl sites for hydroxylation is 1. The molecule has 7 nitrogen and oxygen atoms in total. The van der Waals surface area contributed by atoms with Crippen molar-refractivity contribution in [2.24, 2.45) is 0 Å². The number of piperidine rings is 1. The summed E-state index contributed by atoms with van der Waals surface area (Å²) >= 11 is 0. The lowest BCUT2D eigenvalue weighted by atomic mass is 9.73. The summed E-state index contributed by atoms with van der Waals surface area (Å²) in [7, 11) is 1.85. The highest BCUT2D eigenvalue weighted by Gasteiger charge is 2.48. The number of benzene rings is 2. The predicted molar refractivity (Wildman–Crippen MR) is 164 cm³/mol. The van der Waals surface area contributed by atoms with Crippen LogP contribution in [-0.2, 0) is 23.1 Å². The zero-order chi connectivity index (χ0) is 28.8. The second-order valence-corrected chi connectivity index (χ2v) is 13.0. The van der Waals surface area contributed by atoms with E-state index in [1.165, 1.54) is 22.4 Å². The van der Waals surface area contributed by atoms with Crippen LogP contribution in [0.25, 0.3) is 0 Å².